The Kier molecular flexibility index (Phi) is 14.6. The lowest BCUT2D eigenvalue weighted by molar-refractivity contribution is -0.110. The summed E-state index contributed by atoms with van der Waals surface area (Å²) in [7, 11) is 3.16. The molecule has 0 aliphatic carbocycles. The second kappa shape index (κ2) is 17.7. The van der Waals surface area contributed by atoms with Gasteiger partial charge >= 0.3 is 0 Å². The van der Waals surface area contributed by atoms with Crippen LogP contribution in [0.1, 0.15) is 36.8 Å². The number of carbonyl (C=O) groups is 1. The van der Waals surface area contributed by atoms with Crippen molar-refractivity contribution >= 4 is 49.8 Å². The van der Waals surface area contributed by atoms with Crippen LogP contribution in [0.5, 0.6) is 23.0 Å². The van der Waals surface area contributed by atoms with Crippen molar-refractivity contribution in [1.29, 1.82) is 0 Å². The lowest BCUT2D eigenvalue weighted by Crippen LogP contribution is -1.99. The number of hydrogen-bond donors (Lipinski definition) is 1. The molecule has 0 aliphatic rings. The van der Waals surface area contributed by atoms with Gasteiger partial charge in [0.25, 0.3) is 0 Å². The van der Waals surface area contributed by atoms with Crippen LogP contribution < -0.4 is 18.9 Å². The molecule has 37 heavy (non-hydrogen) atoms. The van der Waals surface area contributed by atoms with Crippen molar-refractivity contribution in [2.45, 2.75) is 25.7 Å². The molecule has 0 atom stereocenters. The number of rotatable bonds is 17. The van der Waals surface area contributed by atoms with Crippen molar-refractivity contribution < 1.29 is 28.8 Å². The van der Waals surface area contributed by atoms with Gasteiger partial charge in [-0.2, -0.15) is 0 Å². The Hall–Kier alpha value is -2.71. The zero-order valence-corrected chi connectivity index (χ0v) is 24.4. The number of aliphatic hydroxyl groups excluding tert-OH is 1. The maximum atomic E-state index is 12.3. The van der Waals surface area contributed by atoms with Gasteiger partial charge in [0.1, 0.15) is 5.76 Å². The molecule has 0 saturated carbocycles. The lowest BCUT2D eigenvalue weighted by atomic mass is 10.1. The minimum Gasteiger partial charge on any atom is -0.508 e. The largest absolute Gasteiger partial charge is 0.508 e. The number of hydrogen-bond acceptors (Lipinski definition) is 6. The number of benzene rings is 2. The summed E-state index contributed by atoms with van der Waals surface area (Å²) in [6.45, 7) is 1.22. The van der Waals surface area contributed by atoms with Gasteiger partial charge in [-0.3, -0.25) is 4.79 Å². The first kappa shape index (κ1) is 30.5. The van der Waals surface area contributed by atoms with Crippen molar-refractivity contribution in [3.63, 3.8) is 0 Å². The summed E-state index contributed by atoms with van der Waals surface area (Å²) in [6, 6.07) is 11.0. The first-order valence-electron chi connectivity index (χ1n) is 12.0. The summed E-state index contributed by atoms with van der Waals surface area (Å²) >= 11 is 6.81. The quantitative estimate of drug-likeness (QED) is 0.0635. The molecule has 0 heterocycles. The number of methoxy groups -OCH3 is 2. The third-order valence-corrected chi connectivity index (χ3v) is 6.24. The van der Waals surface area contributed by atoms with E-state index < -0.39 is 0 Å². The van der Waals surface area contributed by atoms with E-state index in [-0.39, 0.29) is 11.5 Å². The van der Waals surface area contributed by atoms with Crippen molar-refractivity contribution in [2.24, 2.45) is 0 Å². The highest BCUT2D eigenvalue weighted by Crippen LogP contribution is 2.30. The fraction of sp³-hybridized carbons (Fsp3) is 0.345. The second-order valence-corrected chi connectivity index (χ2v) is 9.53. The van der Waals surface area contributed by atoms with Crippen molar-refractivity contribution in [3.8, 4) is 23.0 Å². The van der Waals surface area contributed by atoms with Crippen LogP contribution in [-0.4, -0.2) is 49.0 Å². The van der Waals surface area contributed by atoms with Crippen molar-refractivity contribution in [1.82, 2.24) is 0 Å². The Balaban J connectivity index is 1.97. The Morgan fingerprint density at radius 3 is 1.70 bits per heavy atom. The van der Waals surface area contributed by atoms with E-state index in [4.69, 9.17) is 18.9 Å². The van der Waals surface area contributed by atoms with Gasteiger partial charge in [-0.1, -0.05) is 56.1 Å². The number of allylic oxidation sites excluding steroid dienone is 3. The van der Waals surface area contributed by atoms with E-state index >= 15 is 0 Å². The number of ether oxygens (including phenoxy) is 4. The van der Waals surface area contributed by atoms with Gasteiger partial charge in [0.05, 0.1) is 27.4 Å². The molecule has 2 aromatic rings. The molecule has 1 N–H and O–H groups in total. The Morgan fingerprint density at radius 1 is 0.757 bits per heavy atom. The Bertz CT molecular complexity index is 1080. The molecule has 0 amide bonds. The third-order valence-electron chi connectivity index (χ3n) is 5.12. The SMILES string of the molecule is COc1cc(/C=C/C(=O)/C=C(O)/C=C/c2ccc(OCCCCBr)c(OC)c2)ccc1OCCCCBr. The topological polar surface area (TPSA) is 74.2 Å². The van der Waals surface area contributed by atoms with Gasteiger partial charge in [-0.25, -0.2) is 0 Å². The summed E-state index contributed by atoms with van der Waals surface area (Å²) in [5.41, 5.74) is 1.58. The Morgan fingerprint density at radius 2 is 1.24 bits per heavy atom. The lowest BCUT2D eigenvalue weighted by Gasteiger charge is -2.11. The van der Waals surface area contributed by atoms with E-state index in [2.05, 4.69) is 31.9 Å². The predicted octanol–water partition coefficient (Wildman–Crippen LogP) is 7.55. The molecule has 0 aromatic heterocycles. The minimum absolute atomic E-state index is 0.159. The molecule has 2 rings (SSSR count). The third kappa shape index (κ3) is 11.5. The molecule has 200 valence electrons. The van der Waals surface area contributed by atoms with Crippen LogP contribution in [0, 0.1) is 0 Å². The van der Waals surface area contributed by atoms with Gasteiger partial charge in [0.2, 0.25) is 0 Å². The molecule has 2 aromatic carbocycles. The normalized spacial score (nSPS) is 11.7. The number of carbonyl (C=O) groups excluding carboxylic acids is 1. The maximum absolute atomic E-state index is 12.3. The van der Waals surface area contributed by atoms with Crippen molar-refractivity contribution in [2.75, 3.05) is 38.1 Å². The second-order valence-electron chi connectivity index (χ2n) is 7.95. The highest BCUT2D eigenvalue weighted by Gasteiger charge is 2.06. The Labute approximate surface area is 236 Å². The zero-order chi connectivity index (χ0) is 26.9. The number of unbranched alkanes of at least 4 members (excludes halogenated alkanes) is 2. The monoisotopic (exact) mass is 636 g/mol. The molecule has 0 spiro atoms. The molecular formula is C29H34Br2O6. The molecule has 0 unspecified atom stereocenters. The number of aliphatic hydroxyl groups is 1. The molecule has 0 aliphatic heterocycles. The highest BCUT2D eigenvalue weighted by atomic mass is 79.9. The van der Waals surface area contributed by atoms with Gasteiger partial charge in [-0.15, -0.1) is 0 Å². The molecular weight excluding hydrogens is 604 g/mol. The van der Waals surface area contributed by atoms with Gasteiger partial charge < -0.3 is 24.1 Å². The first-order chi connectivity index (χ1) is 18.0. The molecule has 6 nitrogen and oxygen atoms in total. The van der Waals surface area contributed by atoms with E-state index in [1.807, 2.05) is 30.3 Å². The zero-order valence-electron chi connectivity index (χ0n) is 21.3. The summed E-state index contributed by atoms with van der Waals surface area (Å²) in [4.78, 5) is 12.3. The number of halogens is 2. The fourth-order valence-corrected chi connectivity index (χ4v) is 3.97. The van der Waals surface area contributed by atoms with Crippen LogP contribution >= 0.6 is 31.9 Å². The smallest absolute Gasteiger partial charge is 0.182 e. The standard InChI is InChI=1S/C29H34Br2O6/c1-34-28-19-22(9-13-26(28)36-17-5-3-15-30)7-11-24(32)21-25(33)12-8-23-10-14-27(29(20-23)35-2)37-18-6-4-16-31/h7-14,19-21,32H,3-6,15-18H2,1-2H3/b11-7+,12-8+,24-21-. The average molecular weight is 638 g/mol. The minimum atomic E-state index is -0.346. The average Bonchev–Trinajstić information content (AvgIpc) is 2.91. The molecule has 0 fully saturated rings. The van der Waals surface area contributed by atoms with Crippen LogP contribution in [0.3, 0.4) is 0 Å². The number of alkyl halides is 2. The van der Waals surface area contributed by atoms with Gasteiger partial charge in [0.15, 0.2) is 28.8 Å². The maximum Gasteiger partial charge on any atom is 0.182 e. The predicted molar refractivity (Wildman–Crippen MR) is 157 cm³/mol. The summed E-state index contributed by atoms with van der Waals surface area (Å²) in [6.07, 6.45) is 11.3. The highest BCUT2D eigenvalue weighted by molar-refractivity contribution is 9.09. The van der Waals surface area contributed by atoms with Crippen LogP contribution in [0.15, 0.2) is 60.4 Å². The summed E-state index contributed by atoms with van der Waals surface area (Å²) in [5.74, 6) is 2.03. The molecule has 8 heteroatoms. The number of ketones is 1. The fourth-order valence-electron chi connectivity index (χ4n) is 3.17. The van der Waals surface area contributed by atoms with E-state index in [1.54, 1.807) is 32.4 Å². The van der Waals surface area contributed by atoms with Gasteiger partial charge in [0, 0.05) is 16.7 Å². The molecule has 0 radical (unpaired) electrons. The van der Waals surface area contributed by atoms with Crippen LogP contribution in [0.2, 0.25) is 0 Å². The van der Waals surface area contributed by atoms with E-state index in [0.29, 0.717) is 36.2 Å². The van der Waals surface area contributed by atoms with Crippen LogP contribution in [-0.2, 0) is 4.79 Å². The van der Waals surface area contributed by atoms with E-state index in [0.717, 1.165) is 53.5 Å². The summed E-state index contributed by atoms with van der Waals surface area (Å²) < 4.78 is 22.4. The molecule has 0 saturated heterocycles. The van der Waals surface area contributed by atoms with E-state index in [9.17, 15) is 9.90 Å². The molecule has 0 bridgehead atoms. The van der Waals surface area contributed by atoms with Crippen LogP contribution in [0.4, 0.5) is 0 Å². The van der Waals surface area contributed by atoms with Crippen molar-refractivity contribution in [3.05, 3.63) is 71.5 Å². The summed E-state index contributed by atoms with van der Waals surface area (Å²) in [5, 5.41) is 12.1. The van der Waals surface area contributed by atoms with Crippen LogP contribution in [0.25, 0.3) is 12.2 Å². The first-order valence-corrected chi connectivity index (χ1v) is 14.3. The van der Waals surface area contributed by atoms with E-state index in [1.165, 1.54) is 12.2 Å². The van der Waals surface area contributed by atoms with Gasteiger partial charge in [-0.05, 0) is 73.2 Å².